The van der Waals surface area contributed by atoms with E-state index >= 15 is 0 Å². The molecule has 5 nitrogen and oxygen atoms in total. The molecule has 2 rings (SSSR count). The number of carboxylic acids is 1. The Hall–Kier alpha value is -1.40. The van der Waals surface area contributed by atoms with Crippen molar-refractivity contribution in [2.45, 2.75) is 11.4 Å². The number of carbonyl (C=O) groups is 1. The lowest BCUT2D eigenvalue weighted by molar-refractivity contribution is -0.138. The van der Waals surface area contributed by atoms with Crippen LogP contribution in [0.25, 0.3) is 0 Å². The van der Waals surface area contributed by atoms with E-state index in [4.69, 9.17) is 10.2 Å². The number of phenols is 2. The second-order valence-electron chi connectivity index (χ2n) is 3.52. The lowest BCUT2D eigenvalue weighted by Gasteiger charge is -2.11. The van der Waals surface area contributed by atoms with E-state index in [1.54, 1.807) is 6.07 Å². The zero-order valence-corrected chi connectivity index (χ0v) is 9.07. The average Bonchev–Trinajstić information content (AvgIpc) is 2.71. The van der Waals surface area contributed by atoms with Gasteiger partial charge in [0, 0.05) is 5.75 Å². The molecule has 0 amide bonds. The predicted molar refractivity (Wildman–Crippen MR) is 59.5 cm³/mol. The molecule has 1 aromatic carbocycles. The highest BCUT2D eigenvalue weighted by molar-refractivity contribution is 7.99. The molecule has 86 valence electrons. The summed E-state index contributed by atoms with van der Waals surface area (Å²) >= 11 is 1.46. The zero-order chi connectivity index (χ0) is 11.7. The minimum absolute atomic E-state index is 0.160. The van der Waals surface area contributed by atoms with Gasteiger partial charge in [-0.15, -0.1) is 11.8 Å². The van der Waals surface area contributed by atoms with Gasteiger partial charge in [0.15, 0.2) is 11.5 Å². The summed E-state index contributed by atoms with van der Waals surface area (Å²) in [5, 5.41) is 30.1. The van der Waals surface area contributed by atoms with Gasteiger partial charge in [-0.05, 0) is 17.7 Å². The first-order valence-electron chi connectivity index (χ1n) is 4.70. The Morgan fingerprint density at radius 1 is 1.38 bits per heavy atom. The summed E-state index contributed by atoms with van der Waals surface area (Å²) in [6.07, 6.45) is 0. The van der Waals surface area contributed by atoms with Gasteiger partial charge in [0.2, 0.25) is 0 Å². The van der Waals surface area contributed by atoms with E-state index in [0.717, 1.165) is 5.56 Å². The maximum absolute atomic E-state index is 10.7. The van der Waals surface area contributed by atoms with E-state index in [1.807, 2.05) is 0 Å². The van der Waals surface area contributed by atoms with E-state index in [0.29, 0.717) is 5.75 Å². The topological polar surface area (TPSA) is 89.8 Å². The van der Waals surface area contributed by atoms with E-state index in [9.17, 15) is 9.90 Å². The number of rotatable bonds is 2. The molecule has 6 heteroatoms. The van der Waals surface area contributed by atoms with Crippen LogP contribution in [0.3, 0.4) is 0 Å². The van der Waals surface area contributed by atoms with Crippen LogP contribution < -0.4 is 5.32 Å². The van der Waals surface area contributed by atoms with Crippen LogP contribution in [0, 0.1) is 0 Å². The monoisotopic (exact) mass is 241 g/mol. The standard InChI is InChI=1S/C10H11NO4S/c12-7-2-1-5(3-8(7)13)9-11-6(4-16-9)10(14)15/h1-3,6,9,11-13H,4H2,(H,14,15). The fraction of sp³-hybridized carbons (Fsp3) is 0.300. The Morgan fingerprint density at radius 2 is 2.12 bits per heavy atom. The van der Waals surface area contributed by atoms with Gasteiger partial charge in [-0.25, -0.2) is 0 Å². The van der Waals surface area contributed by atoms with Crippen molar-refractivity contribution in [2.75, 3.05) is 5.75 Å². The molecule has 1 aromatic rings. The molecule has 1 saturated heterocycles. The molecule has 0 spiro atoms. The highest BCUT2D eigenvalue weighted by atomic mass is 32.2. The van der Waals surface area contributed by atoms with E-state index < -0.39 is 12.0 Å². The summed E-state index contributed by atoms with van der Waals surface area (Å²) in [4.78, 5) is 10.7. The summed E-state index contributed by atoms with van der Waals surface area (Å²) in [6.45, 7) is 0. The van der Waals surface area contributed by atoms with Gasteiger partial charge < -0.3 is 15.3 Å². The number of hydrogen-bond acceptors (Lipinski definition) is 5. The number of thioether (sulfide) groups is 1. The van der Waals surface area contributed by atoms with Crippen LogP contribution in [0.15, 0.2) is 18.2 Å². The number of nitrogens with one attached hydrogen (secondary N) is 1. The van der Waals surface area contributed by atoms with Gasteiger partial charge in [-0.2, -0.15) is 0 Å². The Kier molecular flexibility index (Phi) is 2.93. The SMILES string of the molecule is O=C(O)C1CSC(c2ccc(O)c(O)c2)N1. The number of aliphatic carboxylic acids is 1. The second kappa shape index (κ2) is 4.23. The summed E-state index contributed by atoms with van der Waals surface area (Å²) in [7, 11) is 0. The van der Waals surface area contributed by atoms with Crippen LogP contribution in [-0.4, -0.2) is 33.1 Å². The van der Waals surface area contributed by atoms with Crippen molar-refractivity contribution in [3.05, 3.63) is 23.8 Å². The highest BCUT2D eigenvalue weighted by Crippen LogP contribution is 2.36. The molecule has 0 bridgehead atoms. The molecule has 1 heterocycles. The number of benzene rings is 1. The predicted octanol–water partition coefficient (Wildman–Crippen LogP) is 0.886. The van der Waals surface area contributed by atoms with Crippen LogP contribution in [0.4, 0.5) is 0 Å². The number of carboxylic acid groups (broad SMARTS) is 1. The molecule has 0 saturated carbocycles. The van der Waals surface area contributed by atoms with E-state index in [1.165, 1.54) is 23.9 Å². The molecule has 4 N–H and O–H groups in total. The van der Waals surface area contributed by atoms with Crippen LogP contribution >= 0.6 is 11.8 Å². The van der Waals surface area contributed by atoms with Crippen molar-refractivity contribution >= 4 is 17.7 Å². The Bertz CT molecular complexity index is 423. The number of hydrogen-bond donors (Lipinski definition) is 4. The lowest BCUT2D eigenvalue weighted by atomic mass is 10.2. The lowest BCUT2D eigenvalue weighted by Crippen LogP contribution is -2.33. The molecule has 0 radical (unpaired) electrons. The molecular weight excluding hydrogens is 230 g/mol. The van der Waals surface area contributed by atoms with Gasteiger partial charge in [-0.1, -0.05) is 6.07 Å². The van der Waals surface area contributed by atoms with Crippen molar-refractivity contribution < 1.29 is 20.1 Å². The fourth-order valence-electron chi connectivity index (χ4n) is 1.51. The Labute approximate surface area is 96.1 Å². The zero-order valence-electron chi connectivity index (χ0n) is 8.25. The quantitative estimate of drug-likeness (QED) is 0.575. The van der Waals surface area contributed by atoms with Gasteiger partial charge in [0.05, 0.1) is 5.37 Å². The van der Waals surface area contributed by atoms with Crippen molar-refractivity contribution in [1.82, 2.24) is 5.32 Å². The maximum Gasteiger partial charge on any atom is 0.321 e. The van der Waals surface area contributed by atoms with Crippen molar-refractivity contribution in [2.24, 2.45) is 0 Å². The van der Waals surface area contributed by atoms with Crippen molar-refractivity contribution in [1.29, 1.82) is 0 Å². The first kappa shape index (κ1) is 11.1. The second-order valence-corrected chi connectivity index (χ2v) is 4.66. The van der Waals surface area contributed by atoms with Crippen molar-refractivity contribution in [3.8, 4) is 11.5 Å². The highest BCUT2D eigenvalue weighted by Gasteiger charge is 2.30. The third kappa shape index (κ3) is 2.07. The van der Waals surface area contributed by atoms with Crippen LogP contribution in [0.5, 0.6) is 11.5 Å². The molecule has 0 aliphatic carbocycles. The molecule has 1 aliphatic heterocycles. The van der Waals surface area contributed by atoms with Crippen LogP contribution in [-0.2, 0) is 4.79 Å². The largest absolute Gasteiger partial charge is 0.504 e. The molecule has 16 heavy (non-hydrogen) atoms. The normalized spacial score (nSPS) is 24.5. The van der Waals surface area contributed by atoms with Gasteiger partial charge in [0.1, 0.15) is 6.04 Å². The minimum atomic E-state index is -0.877. The fourth-order valence-corrected chi connectivity index (χ4v) is 2.73. The van der Waals surface area contributed by atoms with Gasteiger partial charge in [-0.3, -0.25) is 10.1 Å². The molecule has 1 aliphatic rings. The molecule has 0 aromatic heterocycles. The Balaban J connectivity index is 2.14. The van der Waals surface area contributed by atoms with E-state index in [-0.39, 0.29) is 16.9 Å². The summed E-state index contributed by atoms with van der Waals surface area (Å²) in [5.74, 6) is -0.764. The van der Waals surface area contributed by atoms with Gasteiger partial charge >= 0.3 is 5.97 Å². The molecule has 1 fully saturated rings. The van der Waals surface area contributed by atoms with Gasteiger partial charge in [0.25, 0.3) is 0 Å². The average molecular weight is 241 g/mol. The minimum Gasteiger partial charge on any atom is -0.504 e. The third-order valence-corrected chi connectivity index (χ3v) is 3.65. The number of aromatic hydroxyl groups is 2. The summed E-state index contributed by atoms with van der Waals surface area (Å²) < 4.78 is 0. The summed E-state index contributed by atoms with van der Waals surface area (Å²) in [6, 6.07) is 3.92. The maximum atomic E-state index is 10.7. The third-order valence-electron chi connectivity index (χ3n) is 2.38. The number of phenolic OH excluding ortho intramolecular Hbond substituents is 2. The molecule has 2 unspecified atom stereocenters. The van der Waals surface area contributed by atoms with Crippen LogP contribution in [0.1, 0.15) is 10.9 Å². The molecule has 2 atom stereocenters. The smallest absolute Gasteiger partial charge is 0.321 e. The first-order valence-corrected chi connectivity index (χ1v) is 5.75. The molecular formula is C10H11NO4S. The summed E-state index contributed by atoms with van der Waals surface area (Å²) in [5.41, 5.74) is 0.754. The van der Waals surface area contributed by atoms with Crippen LogP contribution in [0.2, 0.25) is 0 Å². The van der Waals surface area contributed by atoms with E-state index in [2.05, 4.69) is 5.32 Å². The first-order chi connectivity index (χ1) is 7.58. The van der Waals surface area contributed by atoms with Crippen molar-refractivity contribution in [3.63, 3.8) is 0 Å². The Morgan fingerprint density at radius 3 is 2.69 bits per heavy atom.